The molecule has 4 rings (SSSR count). The molecule has 3 N–H and O–H groups in total. The molecule has 0 spiro atoms. The minimum atomic E-state index is -0.0914. The van der Waals surface area contributed by atoms with E-state index in [0.29, 0.717) is 27.4 Å². The van der Waals surface area contributed by atoms with Crippen LogP contribution in [0.4, 0.5) is 5.69 Å². The number of piperidine rings is 3. The molecule has 0 aliphatic carbocycles. The Labute approximate surface area is 145 Å². The van der Waals surface area contributed by atoms with Gasteiger partial charge in [-0.3, -0.25) is 4.79 Å². The van der Waals surface area contributed by atoms with E-state index in [9.17, 15) is 4.79 Å². The summed E-state index contributed by atoms with van der Waals surface area (Å²) in [5.74, 6) is 1.02. The summed E-state index contributed by atoms with van der Waals surface area (Å²) >= 11 is 3.37. The molecule has 1 atom stereocenters. The van der Waals surface area contributed by atoms with Gasteiger partial charge in [0.1, 0.15) is 5.75 Å². The molecular weight excluding hydrogens is 370 g/mol. The van der Waals surface area contributed by atoms with Crippen LogP contribution in [0.3, 0.4) is 0 Å². The first-order valence-corrected chi connectivity index (χ1v) is 8.04. The van der Waals surface area contributed by atoms with Gasteiger partial charge in [0.2, 0.25) is 0 Å². The fraction of sp³-hybridized carbons (Fsp3) is 0.533. The highest BCUT2D eigenvalue weighted by atomic mass is 79.9. The average molecular weight is 391 g/mol. The molecule has 1 aromatic carbocycles. The maximum Gasteiger partial charge on any atom is 0.255 e. The van der Waals surface area contributed by atoms with Crippen LogP contribution >= 0.6 is 28.3 Å². The molecule has 3 fully saturated rings. The second kappa shape index (κ2) is 7.06. The van der Waals surface area contributed by atoms with E-state index in [1.165, 1.54) is 12.8 Å². The summed E-state index contributed by atoms with van der Waals surface area (Å²) in [6.07, 6.45) is 2.35. The average Bonchev–Trinajstić information content (AvgIpc) is 2.50. The largest absolute Gasteiger partial charge is 0.496 e. The number of benzene rings is 1. The van der Waals surface area contributed by atoms with E-state index in [2.05, 4.69) is 26.1 Å². The Balaban J connectivity index is 0.00000176. The molecule has 1 aromatic rings. The first-order valence-electron chi connectivity index (χ1n) is 7.24. The number of hydrogen-bond acceptors (Lipinski definition) is 4. The molecule has 122 valence electrons. The quantitative estimate of drug-likeness (QED) is 0.777. The number of carbonyl (C=O) groups excluding carboxylic acids is 1. The molecule has 0 aromatic heterocycles. The summed E-state index contributed by atoms with van der Waals surface area (Å²) < 4.78 is 5.99. The van der Waals surface area contributed by atoms with Gasteiger partial charge in [-0.2, -0.15) is 0 Å². The van der Waals surface area contributed by atoms with Crippen LogP contribution in [0.25, 0.3) is 0 Å². The van der Waals surface area contributed by atoms with Gasteiger partial charge in [0.25, 0.3) is 5.91 Å². The Morgan fingerprint density at radius 1 is 1.41 bits per heavy atom. The zero-order valence-electron chi connectivity index (χ0n) is 12.5. The number of ether oxygens (including phenoxy) is 1. The lowest BCUT2D eigenvalue weighted by atomic mass is 9.84. The number of hydrogen-bond donors (Lipinski definition) is 2. The maximum absolute atomic E-state index is 12.6. The van der Waals surface area contributed by atoms with E-state index in [1.807, 2.05) is 0 Å². The molecule has 3 aliphatic rings. The van der Waals surface area contributed by atoms with Crippen LogP contribution < -0.4 is 15.8 Å². The fourth-order valence-electron chi connectivity index (χ4n) is 3.29. The zero-order chi connectivity index (χ0) is 15.0. The van der Waals surface area contributed by atoms with E-state index in [0.717, 1.165) is 19.6 Å². The van der Waals surface area contributed by atoms with Crippen molar-refractivity contribution in [3.63, 3.8) is 0 Å². The second-order valence-corrected chi connectivity index (χ2v) is 6.65. The highest BCUT2D eigenvalue weighted by Crippen LogP contribution is 2.31. The molecule has 0 radical (unpaired) electrons. The molecule has 3 heterocycles. The molecule has 22 heavy (non-hydrogen) atoms. The van der Waals surface area contributed by atoms with Crippen LogP contribution in [-0.2, 0) is 0 Å². The van der Waals surface area contributed by atoms with Crippen LogP contribution in [0.5, 0.6) is 5.75 Å². The number of carbonyl (C=O) groups is 1. The number of methoxy groups -OCH3 is 1. The summed E-state index contributed by atoms with van der Waals surface area (Å²) in [5, 5.41) is 3.17. The number of nitrogens with one attached hydrogen (secondary N) is 1. The SMILES string of the molecule is COc1cc(N)c(Br)cc1C(=O)NC1CN2CCC1CC2.Cl. The topological polar surface area (TPSA) is 67.6 Å². The third-order valence-corrected chi connectivity index (χ3v) is 5.22. The van der Waals surface area contributed by atoms with Crippen molar-refractivity contribution >= 4 is 39.9 Å². The highest BCUT2D eigenvalue weighted by Gasteiger charge is 2.35. The predicted molar refractivity (Wildman–Crippen MR) is 92.8 cm³/mol. The van der Waals surface area contributed by atoms with Crippen molar-refractivity contribution in [3.05, 3.63) is 22.2 Å². The second-order valence-electron chi connectivity index (χ2n) is 5.79. The van der Waals surface area contributed by atoms with Gasteiger partial charge in [-0.25, -0.2) is 0 Å². The standard InChI is InChI=1S/C15H20BrN3O2.ClH/c1-21-14-7-12(17)11(16)6-10(14)15(20)18-13-8-19-4-2-9(13)3-5-19;/h6-7,9,13H,2-5,8,17H2,1H3,(H,18,20);1H. The van der Waals surface area contributed by atoms with E-state index in [4.69, 9.17) is 10.5 Å². The van der Waals surface area contributed by atoms with Crippen LogP contribution in [0.1, 0.15) is 23.2 Å². The summed E-state index contributed by atoms with van der Waals surface area (Å²) in [4.78, 5) is 15.0. The van der Waals surface area contributed by atoms with Gasteiger partial charge in [0, 0.05) is 28.8 Å². The molecule has 3 saturated heterocycles. The molecule has 1 unspecified atom stereocenters. The summed E-state index contributed by atoms with van der Waals surface area (Å²) in [6.45, 7) is 3.27. The Kier molecular flexibility index (Phi) is 5.58. The number of rotatable bonds is 3. The van der Waals surface area contributed by atoms with E-state index < -0.39 is 0 Å². The van der Waals surface area contributed by atoms with Gasteiger partial charge in [0.05, 0.1) is 12.7 Å². The summed E-state index contributed by atoms with van der Waals surface area (Å²) in [5.41, 5.74) is 6.92. The van der Waals surface area contributed by atoms with Crippen molar-refractivity contribution < 1.29 is 9.53 Å². The smallest absolute Gasteiger partial charge is 0.255 e. The number of nitrogens with zero attached hydrogens (tertiary/aromatic N) is 1. The molecule has 7 heteroatoms. The van der Waals surface area contributed by atoms with Gasteiger partial charge < -0.3 is 20.7 Å². The first-order chi connectivity index (χ1) is 10.1. The number of fused-ring (bicyclic) bond motifs is 3. The number of nitrogens with two attached hydrogens (primary N) is 1. The van der Waals surface area contributed by atoms with Crippen LogP contribution in [-0.4, -0.2) is 43.6 Å². The number of anilines is 1. The number of nitrogen functional groups attached to an aromatic ring is 1. The lowest BCUT2D eigenvalue weighted by Crippen LogP contribution is -2.57. The summed E-state index contributed by atoms with van der Waals surface area (Å²) in [7, 11) is 1.55. The molecule has 1 amide bonds. The zero-order valence-corrected chi connectivity index (χ0v) is 14.9. The molecule has 2 bridgehead atoms. The normalized spacial score (nSPS) is 26.2. The Bertz CT molecular complexity index is 562. The van der Waals surface area contributed by atoms with Gasteiger partial charge in [-0.1, -0.05) is 0 Å². The predicted octanol–water partition coefficient (Wildman–Crippen LogP) is 2.29. The van der Waals surface area contributed by atoms with Gasteiger partial charge in [-0.05, 0) is 53.8 Å². The third-order valence-electron chi connectivity index (χ3n) is 4.54. The molecular formula is C15H21BrClN3O2. The van der Waals surface area contributed by atoms with E-state index in [1.54, 1.807) is 19.2 Å². The molecule has 0 saturated carbocycles. The Morgan fingerprint density at radius 2 is 2.09 bits per heavy atom. The van der Waals surface area contributed by atoms with Crippen molar-refractivity contribution in [1.29, 1.82) is 0 Å². The van der Waals surface area contributed by atoms with Crippen LogP contribution in [0.2, 0.25) is 0 Å². The first kappa shape index (κ1) is 17.4. The van der Waals surface area contributed by atoms with Crippen molar-refractivity contribution in [3.8, 4) is 5.75 Å². The lowest BCUT2D eigenvalue weighted by molar-refractivity contribution is 0.0619. The van der Waals surface area contributed by atoms with E-state index >= 15 is 0 Å². The van der Waals surface area contributed by atoms with Gasteiger partial charge in [0.15, 0.2) is 0 Å². The minimum Gasteiger partial charge on any atom is -0.496 e. The van der Waals surface area contributed by atoms with Crippen molar-refractivity contribution in [1.82, 2.24) is 10.2 Å². The van der Waals surface area contributed by atoms with Gasteiger partial charge >= 0.3 is 0 Å². The maximum atomic E-state index is 12.6. The molecule has 5 nitrogen and oxygen atoms in total. The van der Waals surface area contributed by atoms with E-state index in [-0.39, 0.29) is 24.4 Å². The third kappa shape index (κ3) is 3.34. The van der Waals surface area contributed by atoms with Crippen LogP contribution in [0.15, 0.2) is 16.6 Å². The molecule has 3 aliphatic heterocycles. The Hall–Kier alpha value is -0.980. The van der Waals surface area contributed by atoms with Crippen molar-refractivity contribution in [2.45, 2.75) is 18.9 Å². The van der Waals surface area contributed by atoms with Gasteiger partial charge in [-0.15, -0.1) is 12.4 Å². The number of halogens is 2. The summed E-state index contributed by atoms with van der Waals surface area (Å²) in [6, 6.07) is 3.64. The van der Waals surface area contributed by atoms with Crippen molar-refractivity contribution in [2.24, 2.45) is 5.92 Å². The van der Waals surface area contributed by atoms with Crippen LogP contribution in [0, 0.1) is 5.92 Å². The lowest BCUT2D eigenvalue weighted by Gasteiger charge is -2.44. The highest BCUT2D eigenvalue weighted by molar-refractivity contribution is 9.10. The fourth-order valence-corrected chi connectivity index (χ4v) is 3.63. The Morgan fingerprint density at radius 3 is 2.64 bits per heavy atom. The minimum absolute atomic E-state index is 0. The van der Waals surface area contributed by atoms with Crippen molar-refractivity contribution in [2.75, 3.05) is 32.5 Å². The number of amides is 1. The monoisotopic (exact) mass is 389 g/mol.